The molecule has 1 aromatic carbocycles. The maximum Gasteiger partial charge on any atom is 0.278 e. The normalized spacial score (nSPS) is 11.3. The number of fused-ring (bicyclic) bond motifs is 1. The van der Waals surface area contributed by atoms with Crippen molar-refractivity contribution in [1.82, 2.24) is 14.5 Å². The van der Waals surface area contributed by atoms with Crippen molar-refractivity contribution >= 4 is 28.7 Å². The van der Waals surface area contributed by atoms with Crippen LogP contribution in [0.3, 0.4) is 0 Å². The monoisotopic (exact) mass is 280 g/mol. The third-order valence-electron chi connectivity index (χ3n) is 3.19. The summed E-state index contributed by atoms with van der Waals surface area (Å²) in [4.78, 5) is 19.2. The van der Waals surface area contributed by atoms with E-state index >= 15 is 0 Å². The highest BCUT2D eigenvalue weighted by molar-refractivity contribution is 5.88. The molecule has 0 bridgehead atoms. The number of aromatic nitrogens is 3. The molecule has 21 heavy (non-hydrogen) atoms. The minimum atomic E-state index is -0.395. The molecule has 0 saturated carbocycles. The Morgan fingerprint density at radius 2 is 2.10 bits per heavy atom. The van der Waals surface area contributed by atoms with E-state index < -0.39 is 4.92 Å². The number of non-ortho nitro benzene ring substituents is 1. The average Bonchev–Trinajstić information content (AvgIpc) is 2.89. The molecule has 0 aliphatic rings. The molecule has 0 amide bonds. The molecule has 0 aliphatic heterocycles. The Bertz CT molecular complexity index is 852. The molecular formula is C15H12N4O2. The van der Waals surface area contributed by atoms with Gasteiger partial charge in [-0.05, 0) is 30.4 Å². The van der Waals surface area contributed by atoms with Gasteiger partial charge in [-0.25, -0.2) is 9.97 Å². The highest BCUT2D eigenvalue weighted by Gasteiger charge is 2.11. The van der Waals surface area contributed by atoms with Gasteiger partial charge >= 0.3 is 0 Å². The lowest BCUT2D eigenvalue weighted by Gasteiger charge is -2.00. The van der Waals surface area contributed by atoms with Crippen LogP contribution in [0, 0.1) is 10.1 Å². The van der Waals surface area contributed by atoms with E-state index in [-0.39, 0.29) is 5.69 Å². The number of rotatable bonds is 3. The Balaban J connectivity index is 2.00. The van der Waals surface area contributed by atoms with E-state index in [1.807, 2.05) is 30.0 Å². The molecule has 6 nitrogen and oxygen atoms in total. The van der Waals surface area contributed by atoms with Crippen LogP contribution in [0.5, 0.6) is 0 Å². The molecule has 0 fully saturated rings. The van der Waals surface area contributed by atoms with Crippen LogP contribution in [0.15, 0.2) is 42.7 Å². The maximum atomic E-state index is 11.0. The SMILES string of the molecule is Cn1ccnc1C=Cc1ccc2c([N+](=O)[O-])cccc2n1. The van der Waals surface area contributed by atoms with Gasteiger partial charge in [-0.2, -0.15) is 0 Å². The molecule has 0 atom stereocenters. The third kappa shape index (κ3) is 2.51. The molecule has 3 aromatic rings. The fourth-order valence-corrected chi connectivity index (χ4v) is 2.10. The zero-order chi connectivity index (χ0) is 14.8. The van der Waals surface area contributed by atoms with Gasteiger partial charge in [0.1, 0.15) is 5.82 Å². The first-order chi connectivity index (χ1) is 10.1. The summed E-state index contributed by atoms with van der Waals surface area (Å²) in [5.41, 5.74) is 1.40. The van der Waals surface area contributed by atoms with Crippen LogP contribution in [-0.2, 0) is 7.05 Å². The van der Waals surface area contributed by atoms with E-state index in [4.69, 9.17) is 0 Å². The van der Waals surface area contributed by atoms with Crippen molar-refractivity contribution in [2.75, 3.05) is 0 Å². The fraction of sp³-hybridized carbons (Fsp3) is 0.0667. The number of nitro benzene ring substituents is 1. The summed E-state index contributed by atoms with van der Waals surface area (Å²) >= 11 is 0. The Labute approximate surface area is 120 Å². The van der Waals surface area contributed by atoms with E-state index in [9.17, 15) is 10.1 Å². The zero-order valence-electron chi connectivity index (χ0n) is 11.3. The van der Waals surface area contributed by atoms with Crippen molar-refractivity contribution in [3.05, 3.63) is 64.4 Å². The van der Waals surface area contributed by atoms with E-state index in [1.165, 1.54) is 6.07 Å². The van der Waals surface area contributed by atoms with Crippen molar-refractivity contribution in [3.63, 3.8) is 0 Å². The highest BCUT2D eigenvalue weighted by atomic mass is 16.6. The van der Waals surface area contributed by atoms with Crippen molar-refractivity contribution in [3.8, 4) is 0 Å². The maximum absolute atomic E-state index is 11.0. The molecule has 0 spiro atoms. The second-order valence-corrected chi connectivity index (χ2v) is 4.57. The first-order valence-corrected chi connectivity index (χ1v) is 6.35. The molecule has 0 radical (unpaired) electrons. The second kappa shape index (κ2) is 5.16. The van der Waals surface area contributed by atoms with Crippen molar-refractivity contribution in [2.24, 2.45) is 7.05 Å². The van der Waals surface area contributed by atoms with Gasteiger partial charge in [0.05, 0.1) is 21.5 Å². The number of hydrogen-bond acceptors (Lipinski definition) is 4. The minimum absolute atomic E-state index is 0.0691. The number of nitro groups is 1. The summed E-state index contributed by atoms with van der Waals surface area (Å²) in [6.07, 6.45) is 7.26. The number of pyridine rings is 1. The fourth-order valence-electron chi connectivity index (χ4n) is 2.10. The van der Waals surface area contributed by atoms with Gasteiger partial charge in [0.2, 0.25) is 0 Å². The lowest BCUT2D eigenvalue weighted by Crippen LogP contribution is -1.92. The van der Waals surface area contributed by atoms with E-state index in [2.05, 4.69) is 9.97 Å². The summed E-state index contributed by atoms with van der Waals surface area (Å²) in [6, 6.07) is 8.36. The average molecular weight is 280 g/mol. The molecule has 0 N–H and O–H groups in total. The summed E-state index contributed by atoms with van der Waals surface area (Å²) in [7, 11) is 1.91. The van der Waals surface area contributed by atoms with Gasteiger partial charge in [-0.1, -0.05) is 6.07 Å². The predicted molar refractivity (Wildman–Crippen MR) is 80.5 cm³/mol. The topological polar surface area (TPSA) is 73.8 Å². The van der Waals surface area contributed by atoms with Crippen LogP contribution < -0.4 is 0 Å². The van der Waals surface area contributed by atoms with Crippen molar-refractivity contribution in [2.45, 2.75) is 0 Å². The van der Waals surface area contributed by atoms with Gasteiger partial charge in [0, 0.05) is 25.5 Å². The summed E-state index contributed by atoms with van der Waals surface area (Å²) < 4.78 is 1.89. The predicted octanol–water partition coefficient (Wildman–Crippen LogP) is 3.05. The Morgan fingerprint density at radius 3 is 2.81 bits per heavy atom. The van der Waals surface area contributed by atoms with E-state index in [0.29, 0.717) is 10.9 Å². The molecule has 2 aromatic heterocycles. The first kappa shape index (κ1) is 13.0. The second-order valence-electron chi connectivity index (χ2n) is 4.57. The molecule has 2 heterocycles. The largest absolute Gasteiger partial charge is 0.335 e. The van der Waals surface area contributed by atoms with Crippen LogP contribution in [0.2, 0.25) is 0 Å². The smallest absolute Gasteiger partial charge is 0.278 e. The Hall–Kier alpha value is -3.02. The Kier molecular flexibility index (Phi) is 3.19. The summed E-state index contributed by atoms with van der Waals surface area (Å²) in [5.74, 6) is 0.816. The molecule has 6 heteroatoms. The van der Waals surface area contributed by atoms with E-state index in [0.717, 1.165) is 11.5 Å². The Morgan fingerprint density at radius 1 is 1.24 bits per heavy atom. The summed E-state index contributed by atoms with van der Waals surface area (Å²) in [6.45, 7) is 0. The molecule has 3 rings (SSSR count). The van der Waals surface area contributed by atoms with Crippen LogP contribution in [0.25, 0.3) is 23.1 Å². The van der Waals surface area contributed by atoms with Gasteiger partial charge < -0.3 is 4.57 Å². The zero-order valence-corrected chi connectivity index (χ0v) is 11.3. The van der Waals surface area contributed by atoms with Crippen molar-refractivity contribution in [1.29, 1.82) is 0 Å². The van der Waals surface area contributed by atoms with Gasteiger partial charge in [-0.3, -0.25) is 10.1 Å². The quantitative estimate of drug-likeness (QED) is 0.546. The number of nitrogens with zero attached hydrogens (tertiary/aromatic N) is 4. The highest BCUT2D eigenvalue weighted by Crippen LogP contribution is 2.24. The number of hydrogen-bond donors (Lipinski definition) is 0. The van der Waals surface area contributed by atoms with Gasteiger partial charge in [0.25, 0.3) is 5.69 Å². The molecule has 0 unspecified atom stereocenters. The van der Waals surface area contributed by atoms with Crippen LogP contribution in [0.1, 0.15) is 11.5 Å². The van der Waals surface area contributed by atoms with E-state index in [1.54, 1.807) is 30.5 Å². The van der Waals surface area contributed by atoms with Crippen LogP contribution in [-0.4, -0.2) is 19.5 Å². The molecule has 0 saturated heterocycles. The first-order valence-electron chi connectivity index (χ1n) is 6.35. The molecule has 104 valence electrons. The molecule has 0 aliphatic carbocycles. The minimum Gasteiger partial charge on any atom is -0.335 e. The lowest BCUT2D eigenvalue weighted by molar-refractivity contribution is -0.383. The summed E-state index contributed by atoms with van der Waals surface area (Å²) in [5, 5.41) is 11.5. The number of benzene rings is 1. The number of aryl methyl sites for hydroxylation is 1. The van der Waals surface area contributed by atoms with Gasteiger partial charge in [-0.15, -0.1) is 0 Å². The molecular weight excluding hydrogens is 268 g/mol. The van der Waals surface area contributed by atoms with Crippen molar-refractivity contribution < 1.29 is 4.92 Å². The van der Waals surface area contributed by atoms with Gasteiger partial charge in [0.15, 0.2) is 0 Å². The standard InChI is InChI=1S/C15H12N4O2/c1-18-10-9-16-15(18)8-6-11-5-7-12-13(17-11)3-2-4-14(12)19(20)21/h2-10H,1H3. The number of imidazole rings is 1. The van der Waals surface area contributed by atoms with Crippen LogP contribution in [0.4, 0.5) is 5.69 Å². The van der Waals surface area contributed by atoms with Crippen LogP contribution >= 0.6 is 0 Å². The lowest BCUT2D eigenvalue weighted by atomic mass is 10.1. The third-order valence-corrected chi connectivity index (χ3v) is 3.19.